The van der Waals surface area contributed by atoms with E-state index in [9.17, 15) is 19.5 Å². The monoisotopic (exact) mass is 298 g/mol. The molecule has 0 spiro atoms. The van der Waals surface area contributed by atoms with Gasteiger partial charge in [0, 0.05) is 24.2 Å². The van der Waals surface area contributed by atoms with Crippen molar-refractivity contribution in [2.24, 2.45) is 5.41 Å². The number of aromatic nitrogens is 1. The van der Waals surface area contributed by atoms with Crippen molar-refractivity contribution in [1.82, 2.24) is 9.47 Å². The summed E-state index contributed by atoms with van der Waals surface area (Å²) in [7, 11) is 0. The molecular weight excluding hydrogens is 280 g/mol. The van der Waals surface area contributed by atoms with Crippen LogP contribution in [0, 0.1) is 12.3 Å². The highest BCUT2D eigenvalue weighted by Gasteiger charge is 2.44. The summed E-state index contributed by atoms with van der Waals surface area (Å²) in [6.07, 6.45) is 0.978. The Morgan fingerprint density at radius 3 is 2.65 bits per heavy atom. The number of hydrogen-bond acceptors (Lipinski definition) is 4. The molecule has 0 aromatic carbocycles. The number of carbonyl (C=O) groups excluding carboxylic acids is 1. The molecule has 1 saturated heterocycles. The number of hydrogen-bond donors (Lipinski definition) is 1. The molecule has 7 heteroatoms. The van der Waals surface area contributed by atoms with Gasteiger partial charge in [-0.3, -0.25) is 19.0 Å². The first-order valence-electron chi connectivity index (χ1n) is 6.56. The van der Waals surface area contributed by atoms with Crippen LogP contribution in [0.4, 0.5) is 0 Å². The third kappa shape index (κ3) is 2.49. The molecule has 1 fully saturated rings. The quantitative estimate of drug-likeness (QED) is 0.897. The zero-order chi connectivity index (χ0) is 14.9. The molecule has 0 aliphatic carbocycles. The van der Waals surface area contributed by atoms with Crippen molar-refractivity contribution in [3.8, 4) is 0 Å². The first-order chi connectivity index (χ1) is 9.39. The summed E-state index contributed by atoms with van der Waals surface area (Å²) in [4.78, 5) is 36.6. The molecule has 0 radical (unpaired) electrons. The van der Waals surface area contributed by atoms with Gasteiger partial charge in [-0.1, -0.05) is 18.3 Å². The Morgan fingerprint density at radius 1 is 1.50 bits per heavy atom. The molecule has 1 aliphatic heterocycles. The molecule has 0 saturated carbocycles. The van der Waals surface area contributed by atoms with E-state index in [-0.39, 0.29) is 23.9 Å². The zero-order valence-electron chi connectivity index (χ0n) is 11.6. The highest BCUT2D eigenvalue weighted by molar-refractivity contribution is 7.07. The molecule has 2 rings (SSSR count). The fourth-order valence-corrected chi connectivity index (χ4v) is 3.27. The summed E-state index contributed by atoms with van der Waals surface area (Å²) in [6.45, 7) is 4.28. The summed E-state index contributed by atoms with van der Waals surface area (Å²) in [6, 6.07) is 0. The van der Waals surface area contributed by atoms with Crippen molar-refractivity contribution in [3.05, 3.63) is 20.7 Å². The summed E-state index contributed by atoms with van der Waals surface area (Å²) in [5, 5.41) is 11.0. The molecule has 1 unspecified atom stereocenters. The van der Waals surface area contributed by atoms with Crippen LogP contribution in [0.3, 0.4) is 0 Å². The SMILES string of the molecule is CCC1(C(=O)O)CCN(C(=O)Cn2c(C)csc2=O)C1. The second kappa shape index (κ2) is 5.40. The van der Waals surface area contributed by atoms with Crippen molar-refractivity contribution < 1.29 is 14.7 Å². The van der Waals surface area contributed by atoms with E-state index in [4.69, 9.17) is 0 Å². The highest BCUT2D eigenvalue weighted by atomic mass is 32.1. The number of nitrogens with zero attached hydrogens (tertiary/aromatic N) is 2. The Balaban J connectivity index is 2.09. The number of likely N-dealkylation sites (tertiary alicyclic amines) is 1. The van der Waals surface area contributed by atoms with E-state index in [2.05, 4.69) is 0 Å². The maximum atomic E-state index is 12.2. The molecule has 6 nitrogen and oxygen atoms in total. The molecule has 20 heavy (non-hydrogen) atoms. The highest BCUT2D eigenvalue weighted by Crippen LogP contribution is 2.34. The number of carboxylic acids is 1. The van der Waals surface area contributed by atoms with Crippen LogP contribution >= 0.6 is 11.3 Å². The summed E-state index contributed by atoms with van der Waals surface area (Å²) in [5.74, 6) is -1.04. The van der Waals surface area contributed by atoms with E-state index < -0.39 is 11.4 Å². The normalized spacial score (nSPS) is 22.2. The van der Waals surface area contributed by atoms with Gasteiger partial charge in [-0.25, -0.2) is 0 Å². The second-order valence-electron chi connectivity index (χ2n) is 5.23. The largest absolute Gasteiger partial charge is 0.481 e. The van der Waals surface area contributed by atoms with E-state index in [1.54, 1.807) is 17.2 Å². The second-order valence-corrected chi connectivity index (χ2v) is 6.05. The van der Waals surface area contributed by atoms with Crippen molar-refractivity contribution in [2.75, 3.05) is 13.1 Å². The molecule has 1 amide bonds. The van der Waals surface area contributed by atoms with E-state index in [0.717, 1.165) is 17.0 Å². The Morgan fingerprint density at radius 2 is 2.20 bits per heavy atom. The van der Waals surface area contributed by atoms with Gasteiger partial charge < -0.3 is 10.0 Å². The van der Waals surface area contributed by atoms with Crippen molar-refractivity contribution in [3.63, 3.8) is 0 Å². The maximum absolute atomic E-state index is 12.2. The number of carbonyl (C=O) groups is 2. The van der Waals surface area contributed by atoms with Crippen molar-refractivity contribution in [1.29, 1.82) is 0 Å². The first kappa shape index (κ1) is 14.8. The lowest BCUT2D eigenvalue weighted by molar-refractivity contribution is -0.148. The van der Waals surface area contributed by atoms with Gasteiger partial charge in [0.1, 0.15) is 6.54 Å². The van der Waals surface area contributed by atoms with E-state index in [0.29, 0.717) is 19.4 Å². The fourth-order valence-electron chi connectivity index (χ4n) is 2.53. The number of aryl methyl sites for hydroxylation is 1. The number of amides is 1. The zero-order valence-corrected chi connectivity index (χ0v) is 12.4. The lowest BCUT2D eigenvalue weighted by Gasteiger charge is -2.23. The topological polar surface area (TPSA) is 79.6 Å². The van der Waals surface area contributed by atoms with Gasteiger partial charge in [-0.15, -0.1) is 0 Å². The average molecular weight is 298 g/mol. The number of carboxylic acid groups (broad SMARTS) is 1. The summed E-state index contributed by atoms with van der Waals surface area (Å²) < 4.78 is 1.43. The van der Waals surface area contributed by atoms with Crippen LogP contribution in [0.1, 0.15) is 25.5 Å². The molecular formula is C13H18N2O4S. The van der Waals surface area contributed by atoms with Crippen LogP contribution < -0.4 is 4.87 Å². The minimum Gasteiger partial charge on any atom is -0.481 e. The van der Waals surface area contributed by atoms with Crippen LogP contribution in [-0.2, 0) is 16.1 Å². The molecule has 110 valence electrons. The van der Waals surface area contributed by atoms with Gasteiger partial charge >= 0.3 is 10.8 Å². The molecule has 0 bridgehead atoms. The first-order valence-corrected chi connectivity index (χ1v) is 7.43. The Hall–Kier alpha value is -1.63. The van der Waals surface area contributed by atoms with Gasteiger partial charge in [0.25, 0.3) is 0 Å². The van der Waals surface area contributed by atoms with E-state index in [1.165, 1.54) is 4.57 Å². The number of aliphatic carboxylic acids is 1. The van der Waals surface area contributed by atoms with Gasteiger partial charge in [0.2, 0.25) is 5.91 Å². The van der Waals surface area contributed by atoms with Crippen LogP contribution in [0.25, 0.3) is 0 Å². The molecule has 1 atom stereocenters. The van der Waals surface area contributed by atoms with Crippen LogP contribution in [0.2, 0.25) is 0 Å². The lowest BCUT2D eigenvalue weighted by Crippen LogP contribution is -2.38. The van der Waals surface area contributed by atoms with Gasteiger partial charge in [0.15, 0.2) is 0 Å². The standard InChI is InChI=1S/C13H18N2O4S/c1-3-13(11(17)18)4-5-14(8-13)10(16)6-15-9(2)7-20-12(15)19/h7H,3-6,8H2,1-2H3,(H,17,18). The van der Waals surface area contributed by atoms with Gasteiger partial charge in [-0.05, 0) is 19.8 Å². The van der Waals surface area contributed by atoms with E-state index >= 15 is 0 Å². The number of thiazole rings is 1. The molecule has 1 aliphatic rings. The summed E-state index contributed by atoms with van der Waals surface area (Å²) in [5.41, 5.74) is -0.0721. The van der Waals surface area contributed by atoms with Crippen molar-refractivity contribution in [2.45, 2.75) is 33.2 Å². The minimum absolute atomic E-state index is 0.00637. The fraction of sp³-hybridized carbons (Fsp3) is 0.615. The third-order valence-corrected chi connectivity index (χ3v) is 4.99. The predicted octanol–water partition coefficient (Wildman–Crippen LogP) is 0.932. The Kier molecular flexibility index (Phi) is 3.99. The van der Waals surface area contributed by atoms with Gasteiger partial charge in [0.05, 0.1) is 5.41 Å². The minimum atomic E-state index is -0.848. The Bertz CT molecular complexity index is 591. The number of rotatable bonds is 4. The Labute approximate surface area is 120 Å². The maximum Gasteiger partial charge on any atom is 0.311 e. The smallest absolute Gasteiger partial charge is 0.311 e. The molecule has 2 heterocycles. The lowest BCUT2D eigenvalue weighted by atomic mass is 9.84. The van der Waals surface area contributed by atoms with E-state index in [1.807, 2.05) is 6.92 Å². The van der Waals surface area contributed by atoms with Crippen molar-refractivity contribution >= 4 is 23.2 Å². The molecule has 1 aromatic heterocycles. The average Bonchev–Trinajstić information content (AvgIpc) is 2.98. The molecule has 1 N–H and O–H groups in total. The van der Waals surface area contributed by atoms with Crippen LogP contribution in [0.15, 0.2) is 10.2 Å². The predicted molar refractivity (Wildman–Crippen MR) is 74.9 cm³/mol. The summed E-state index contributed by atoms with van der Waals surface area (Å²) >= 11 is 1.07. The third-order valence-electron chi connectivity index (χ3n) is 4.11. The van der Waals surface area contributed by atoms with Crippen LogP contribution in [0.5, 0.6) is 0 Å². The van der Waals surface area contributed by atoms with Gasteiger partial charge in [-0.2, -0.15) is 0 Å². The molecule has 1 aromatic rings. The van der Waals surface area contributed by atoms with Crippen LogP contribution in [-0.4, -0.2) is 39.5 Å².